The number of carboxylic acid groups (broad SMARTS) is 1. The molecule has 19 heavy (non-hydrogen) atoms. The Bertz CT molecular complexity index is 480. The van der Waals surface area contributed by atoms with E-state index in [1.807, 2.05) is 6.07 Å². The van der Waals surface area contributed by atoms with Gasteiger partial charge in [0, 0.05) is 25.2 Å². The van der Waals surface area contributed by atoms with Crippen molar-refractivity contribution in [3.8, 4) is 0 Å². The highest BCUT2D eigenvalue weighted by Gasteiger charge is 2.29. The van der Waals surface area contributed by atoms with E-state index in [9.17, 15) is 9.90 Å². The number of carboxylic acids is 1. The normalized spacial score (nSPS) is 24.5. The fraction of sp³-hybridized carbons (Fsp3) is 0.500. The van der Waals surface area contributed by atoms with Crippen LogP contribution < -0.4 is 4.90 Å². The summed E-state index contributed by atoms with van der Waals surface area (Å²) < 4.78 is 0. The molecule has 1 heterocycles. The van der Waals surface area contributed by atoms with Gasteiger partial charge in [0.05, 0.1) is 10.7 Å². The molecule has 1 aromatic carbocycles. The summed E-state index contributed by atoms with van der Waals surface area (Å²) in [5.41, 5.74) is 0.917. The molecule has 0 radical (unpaired) electrons. The Kier molecular flexibility index (Phi) is 4.02. The molecule has 1 aromatic rings. The van der Waals surface area contributed by atoms with Crippen molar-refractivity contribution in [2.75, 3.05) is 25.0 Å². The van der Waals surface area contributed by atoms with Crippen molar-refractivity contribution in [3.63, 3.8) is 0 Å². The molecule has 0 aromatic heterocycles. The Labute approximate surface area is 118 Å². The first-order valence-electron chi connectivity index (χ1n) is 6.40. The van der Waals surface area contributed by atoms with E-state index in [1.54, 1.807) is 12.1 Å². The zero-order chi connectivity index (χ0) is 14.2. The number of rotatable bonds is 2. The lowest BCUT2D eigenvalue weighted by atomic mass is 10.1. The van der Waals surface area contributed by atoms with Gasteiger partial charge in [0.2, 0.25) is 0 Å². The van der Waals surface area contributed by atoms with Crippen molar-refractivity contribution in [1.29, 1.82) is 0 Å². The van der Waals surface area contributed by atoms with E-state index < -0.39 is 5.97 Å². The quantitative estimate of drug-likeness (QED) is 0.905. The molecule has 2 unspecified atom stereocenters. The predicted molar refractivity (Wildman–Crippen MR) is 77.3 cm³/mol. The van der Waals surface area contributed by atoms with Gasteiger partial charge in [-0.3, -0.25) is 4.90 Å². The lowest BCUT2D eigenvalue weighted by molar-refractivity contribution is 0.0697. The highest BCUT2D eigenvalue weighted by molar-refractivity contribution is 6.34. The van der Waals surface area contributed by atoms with Crippen LogP contribution in [-0.2, 0) is 0 Å². The SMILES string of the molecule is CC1CN(c2cccc(Cl)c2C(=O)O)CC(C)N1C. The summed E-state index contributed by atoms with van der Waals surface area (Å²) in [4.78, 5) is 15.8. The fourth-order valence-corrected chi connectivity index (χ4v) is 2.84. The standard InChI is InChI=1S/C14H19ClN2O2/c1-9-7-17(8-10(2)16(9)3)12-6-4-5-11(15)13(12)14(18)19/h4-6,9-10H,7-8H2,1-3H3,(H,18,19). The van der Waals surface area contributed by atoms with Crippen molar-refractivity contribution in [2.45, 2.75) is 25.9 Å². The zero-order valence-corrected chi connectivity index (χ0v) is 12.2. The van der Waals surface area contributed by atoms with Gasteiger partial charge in [0.15, 0.2) is 0 Å². The second-order valence-electron chi connectivity index (χ2n) is 5.21. The minimum absolute atomic E-state index is 0.202. The van der Waals surface area contributed by atoms with E-state index in [4.69, 9.17) is 11.6 Å². The maximum Gasteiger partial charge on any atom is 0.339 e. The topological polar surface area (TPSA) is 43.8 Å². The molecule has 1 fully saturated rings. The van der Waals surface area contributed by atoms with Gasteiger partial charge in [-0.15, -0.1) is 0 Å². The third kappa shape index (κ3) is 2.69. The molecule has 0 saturated carbocycles. The molecule has 0 aliphatic carbocycles. The predicted octanol–water partition coefficient (Wildman–Crippen LogP) is 2.57. The highest BCUT2D eigenvalue weighted by Crippen LogP contribution is 2.30. The third-order valence-corrected chi connectivity index (χ3v) is 4.22. The van der Waals surface area contributed by atoms with Crippen molar-refractivity contribution in [1.82, 2.24) is 4.90 Å². The number of piperazine rings is 1. The monoisotopic (exact) mass is 282 g/mol. The van der Waals surface area contributed by atoms with Crippen molar-refractivity contribution < 1.29 is 9.90 Å². The Morgan fingerprint density at radius 1 is 1.32 bits per heavy atom. The van der Waals surface area contributed by atoms with E-state index in [0.29, 0.717) is 22.8 Å². The Morgan fingerprint density at radius 3 is 2.42 bits per heavy atom. The zero-order valence-electron chi connectivity index (χ0n) is 11.4. The first-order chi connectivity index (χ1) is 8.91. The van der Waals surface area contributed by atoms with Crippen molar-refractivity contribution in [3.05, 3.63) is 28.8 Å². The minimum atomic E-state index is -0.972. The molecule has 2 atom stereocenters. The largest absolute Gasteiger partial charge is 0.478 e. The molecule has 1 aliphatic heterocycles. The number of anilines is 1. The van der Waals surface area contributed by atoms with Gasteiger partial charge in [0.1, 0.15) is 5.56 Å². The molecule has 4 nitrogen and oxygen atoms in total. The molecule has 1 N–H and O–H groups in total. The van der Waals surface area contributed by atoms with Gasteiger partial charge in [0.25, 0.3) is 0 Å². The number of likely N-dealkylation sites (N-methyl/N-ethyl adjacent to an activating group) is 1. The van der Waals surface area contributed by atoms with Gasteiger partial charge in [-0.2, -0.15) is 0 Å². The Balaban J connectivity index is 2.37. The average Bonchev–Trinajstić information content (AvgIpc) is 2.34. The van der Waals surface area contributed by atoms with Gasteiger partial charge >= 0.3 is 5.97 Å². The van der Waals surface area contributed by atoms with Crippen LogP contribution >= 0.6 is 11.6 Å². The lowest BCUT2D eigenvalue weighted by Crippen LogP contribution is -2.55. The number of hydrogen-bond acceptors (Lipinski definition) is 3. The minimum Gasteiger partial charge on any atom is -0.478 e. The van der Waals surface area contributed by atoms with Crippen molar-refractivity contribution in [2.24, 2.45) is 0 Å². The van der Waals surface area contributed by atoms with Crippen LogP contribution in [0.25, 0.3) is 0 Å². The maximum absolute atomic E-state index is 11.4. The number of carbonyl (C=O) groups is 1. The summed E-state index contributed by atoms with van der Waals surface area (Å²) in [7, 11) is 2.10. The number of halogens is 1. The summed E-state index contributed by atoms with van der Waals surface area (Å²) in [6, 6.07) is 6.02. The first-order valence-corrected chi connectivity index (χ1v) is 6.78. The summed E-state index contributed by atoms with van der Waals surface area (Å²) in [6.45, 7) is 5.91. The van der Waals surface area contributed by atoms with E-state index in [2.05, 4.69) is 30.7 Å². The van der Waals surface area contributed by atoms with Crippen LogP contribution in [0.15, 0.2) is 18.2 Å². The van der Waals surface area contributed by atoms with Crippen LogP contribution in [0.3, 0.4) is 0 Å². The smallest absolute Gasteiger partial charge is 0.339 e. The Morgan fingerprint density at radius 2 is 1.89 bits per heavy atom. The van der Waals surface area contributed by atoms with E-state index in [-0.39, 0.29) is 5.56 Å². The molecule has 0 bridgehead atoms. The number of benzene rings is 1. The number of hydrogen-bond donors (Lipinski definition) is 1. The van der Waals surface area contributed by atoms with Crippen LogP contribution in [0.1, 0.15) is 24.2 Å². The summed E-state index contributed by atoms with van der Waals surface area (Å²) in [6.07, 6.45) is 0. The van der Waals surface area contributed by atoms with Gasteiger partial charge in [-0.25, -0.2) is 4.79 Å². The molecule has 1 saturated heterocycles. The molecule has 104 valence electrons. The fourth-order valence-electron chi connectivity index (χ4n) is 2.59. The van der Waals surface area contributed by atoms with Gasteiger partial charge < -0.3 is 10.0 Å². The summed E-state index contributed by atoms with van der Waals surface area (Å²) >= 11 is 6.03. The van der Waals surface area contributed by atoms with Gasteiger partial charge in [-0.1, -0.05) is 17.7 Å². The number of aromatic carboxylic acids is 1. The molecule has 1 aliphatic rings. The molecule has 2 rings (SSSR count). The summed E-state index contributed by atoms with van der Waals surface area (Å²) in [5, 5.41) is 9.63. The summed E-state index contributed by atoms with van der Waals surface area (Å²) in [5.74, 6) is -0.972. The lowest BCUT2D eigenvalue weighted by Gasteiger charge is -2.43. The molecular weight excluding hydrogens is 264 g/mol. The second kappa shape index (κ2) is 5.39. The van der Waals surface area contributed by atoms with E-state index in [0.717, 1.165) is 13.1 Å². The third-order valence-electron chi connectivity index (χ3n) is 3.91. The molecule has 0 spiro atoms. The average molecular weight is 283 g/mol. The molecular formula is C14H19ClN2O2. The van der Waals surface area contributed by atoms with Gasteiger partial charge in [-0.05, 0) is 33.0 Å². The van der Waals surface area contributed by atoms with Crippen LogP contribution in [0.5, 0.6) is 0 Å². The van der Waals surface area contributed by atoms with E-state index in [1.165, 1.54) is 0 Å². The van der Waals surface area contributed by atoms with Crippen LogP contribution in [0.4, 0.5) is 5.69 Å². The van der Waals surface area contributed by atoms with E-state index >= 15 is 0 Å². The van der Waals surface area contributed by atoms with Crippen molar-refractivity contribution >= 4 is 23.3 Å². The second-order valence-corrected chi connectivity index (χ2v) is 5.61. The molecule has 0 amide bonds. The Hall–Kier alpha value is -1.26. The van der Waals surface area contributed by atoms with Crippen LogP contribution in [0, 0.1) is 0 Å². The molecule has 5 heteroatoms. The maximum atomic E-state index is 11.4. The van der Waals surface area contributed by atoms with Crippen LogP contribution in [0.2, 0.25) is 5.02 Å². The first kappa shape index (κ1) is 14.2. The number of nitrogens with zero attached hydrogens (tertiary/aromatic N) is 2. The van der Waals surface area contributed by atoms with Crippen LogP contribution in [-0.4, -0.2) is 48.2 Å². The highest BCUT2D eigenvalue weighted by atomic mass is 35.5.